The molecule has 2 rings (SSSR count). The van der Waals surface area contributed by atoms with Gasteiger partial charge in [-0.3, -0.25) is 4.79 Å². The van der Waals surface area contributed by atoms with Gasteiger partial charge in [-0.25, -0.2) is 0 Å². The molecule has 3 nitrogen and oxygen atoms in total. The molecule has 0 spiro atoms. The first-order chi connectivity index (χ1) is 8.65. The monoisotopic (exact) mass is 307 g/mol. The number of halogens is 1. The van der Waals surface area contributed by atoms with Gasteiger partial charge in [0.2, 0.25) is 6.41 Å². The fourth-order valence-electron chi connectivity index (χ4n) is 1.90. The summed E-state index contributed by atoms with van der Waals surface area (Å²) in [5.41, 5.74) is 1.11. The van der Waals surface area contributed by atoms with Gasteiger partial charge in [0.25, 0.3) is 0 Å². The number of carbonyl (C=O) groups excluding carboxylic acids is 1. The lowest BCUT2D eigenvalue weighted by Crippen LogP contribution is -2.14. The third-order valence-corrected chi connectivity index (χ3v) is 3.63. The van der Waals surface area contributed by atoms with Gasteiger partial charge < -0.3 is 9.64 Å². The Morgan fingerprint density at radius 1 is 1.33 bits per heavy atom. The molecule has 1 amide bonds. The van der Waals surface area contributed by atoms with Gasteiger partial charge in [0.15, 0.2) is 0 Å². The van der Waals surface area contributed by atoms with E-state index in [-0.39, 0.29) is 0 Å². The second-order valence-electron chi connectivity index (χ2n) is 4.16. The van der Waals surface area contributed by atoms with Crippen LogP contribution in [-0.2, 0) is 11.3 Å². The average Bonchev–Trinajstić information content (AvgIpc) is 2.39. The summed E-state index contributed by atoms with van der Waals surface area (Å²) in [6, 6.07) is 10.1. The maximum absolute atomic E-state index is 10.6. The van der Waals surface area contributed by atoms with E-state index in [2.05, 4.69) is 22.0 Å². The van der Waals surface area contributed by atoms with Crippen molar-refractivity contribution in [2.45, 2.75) is 6.54 Å². The van der Waals surface area contributed by atoms with E-state index in [9.17, 15) is 4.79 Å². The highest BCUT2D eigenvalue weighted by Gasteiger charge is 2.06. The largest absolute Gasteiger partial charge is 0.496 e. The lowest BCUT2D eigenvalue weighted by molar-refractivity contribution is -0.117. The summed E-state index contributed by atoms with van der Waals surface area (Å²) >= 11 is 3.54. The molecule has 94 valence electrons. The van der Waals surface area contributed by atoms with Crippen molar-refractivity contribution in [3.05, 3.63) is 40.4 Å². The zero-order valence-electron chi connectivity index (χ0n) is 10.3. The predicted molar refractivity (Wildman–Crippen MR) is 75.7 cm³/mol. The Balaban J connectivity index is 2.44. The van der Waals surface area contributed by atoms with E-state index in [1.54, 1.807) is 19.1 Å². The molecule has 0 aliphatic carbocycles. The van der Waals surface area contributed by atoms with Gasteiger partial charge >= 0.3 is 0 Å². The van der Waals surface area contributed by atoms with Crippen LogP contribution in [0.5, 0.6) is 5.75 Å². The highest BCUT2D eigenvalue weighted by molar-refractivity contribution is 9.10. The molecule has 0 saturated carbocycles. The summed E-state index contributed by atoms with van der Waals surface area (Å²) < 4.78 is 6.22. The van der Waals surface area contributed by atoms with Crippen LogP contribution in [0.3, 0.4) is 0 Å². The molecule has 0 aromatic heterocycles. The van der Waals surface area contributed by atoms with E-state index >= 15 is 0 Å². The van der Waals surface area contributed by atoms with Gasteiger partial charge in [0.1, 0.15) is 5.75 Å². The summed E-state index contributed by atoms with van der Waals surface area (Å²) in [5, 5.41) is 2.23. The molecule has 0 fully saturated rings. The molecule has 0 radical (unpaired) electrons. The van der Waals surface area contributed by atoms with Crippen LogP contribution in [0.15, 0.2) is 34.8 Å². The van der Waals surface area contributed by atoms with Gasteiger partial charge in [-0.1, -0.05) is 18.2 Å². The van der Waals surface area contributed by atoms with Crippen molar-refractivity contribution in [1.29, 1.82) is 0 Å². The SMILES string of the molecule is COc1ccc2cc(CN(C)C=O)ccc2c1Br. The summed E-state index contributed by atoms with van der Waals surface area (Å²) in [5.74, 6) is 0.820. The number of fused-ring (bicyclic) bond motifs is 1. The molecule has 0 unspecified atom stereocenters. The molecule has 2 aromatic carbocycles. The minimum absolute atomic E-state index is 0.614. The van der Waals surface area contributed by atoms with Crippen molar-refractivity contribution < 1.29 is 9.53 Å². The standard InChI is InChI=1S/C14H14BrNO2/c1-16(9-17)8-10-3-5-12-11(7-10)4-6-13(18-2)14(12)15/h3-7,9H,8H2,1-2H3. The molecular formula is C14H14BrNO2. The molecule has 0 heterocycles. The van der Waals surface area contributed by atoms with Crippen LogP contribution in [0.2, 0.25) is 0 Å². The van der Waals surface area contributed by atoms with E-state index in [1.807, 2.05) is 24.3 Å². The number of hydrogen-bond donors (Lipinski definition) is 0. The molecule has 0 bridgehead atoms. The van der Waals surface area contributed by atoms with E-state index in [0.717, 1.165) is 33.0 Å². The first-order valence-corrected chi connectivity index (χ1v) is 6.35. The maximum atomic E-state index is 10.6. The number of nitrogens with zero attached hydrogens (tertiary/aromatic N) is 1. The number of amides is 1. The summed E-state index contributed by atoms with van der Waals surface area (Å²) in [7, 11) is 3.42. The number of ether oxygens (including phenoxy) is 1. The Labute approximate surface area is 114 Å². The molecule has 0 atom stereocenters. The Morgan fingerprint density at radius 3 is 2.78 bits per heavy atom. The molecular weight excluding hydrogens is 294 g/mol. The second kappa shape index (κ2) is 5.40. The zero-order valence-corrected chi connectivity index (χ0v) is 11.9. The number of rotatable bonds is 4. The van der Waals surface area contributed by atoms with E-state index < -0.39 is 0 Å². The summed E-state index contributed by atoms with van der Waals surface area (Å²) in [6.45, 7) is 0.614. The van der Waals surface area contributed by atoms with Gasteiger partial charge in [0, 0.05) is 13.6 Å². The summed E-state index contributed by atoms with van der Waals surface area (Å²) in [6.07, 6.45) is 0.828. The quantitative estimate of drug-likeness (QED) is 0.812. The van der Waals surface area contributed by atoms with E-state index in [0.29, 0.717) is 6.54 Å². The van der Waals surface area contributed by atoms with Crippen LogP contribution < -0.4 is 4.74 Å². The normalized spacial score (nSPS) is 10.4. The highest BCUT2D eigenvalue weighted by atomic mass is 79.9. The van der Waals surface area contributed by atoms with E-state index in [4.69, 9.17) is 4.74 Å². The minimum Gasteiger partial charge on any atom is -0.496 e. The average molecular weight is 308 g/mol. The fourth-order valence-corrected chi connectivity index (χ4v) is 2.56. The number of carbonyl (C=O) groups is 1. The molecule has 0 N–H and O–H groups in total. The fraction of sp³-hybridized carbons (Fsp3) is 0.214. The predicted octanol–water partition coefficient (Wildman–Crippen LogP) is 3.20. The first-order valence-electron chi connectivity index (χ1n) is 5.56. The maximum Gasteiger partial charge on any atom is 0.209 e. The van der Waals surface area contributed by atoms with Crippen molar-refractivity contribution in [1.82, 2.24) is 4.90 Å². The topological polar surface area (TPSA) is 29.5 Å². The van der Waals surface area contributed by atoms with Crippen molar-refractivity contribution in [3.63, 3.8) is 0 Å². The third-order valence-electron chi connectivity index (χ3n) is 2.81. The van der Waals surface area contributed by atoms with Gasteiger partial charge in [-0.15, -0.1) is 0 Å². The van der Waals surface area contributed by atoms with Gasteiger partial charge in [-0.05, 0) is 44.4 Å². The van der Waals surface area contributed by atoms with Crippen LogP contribution >= 0.6 is 15.9 Å². The van der Waals surface area contributed by atoms with Crippen molar-refractivity contribution in [2.75, 3.05) is 14.2 Å². The van der Waals surface area contributed by atoms with Crippen LogP contribution in [0, 0.1) is 0 Å². The van der Waals surface area contributed by atoms with E-state index in [1.165, 1.54) is 0 Å². The number of hydrogen-bond acceptors (Lipinski definition) is 2. The Morgan fingerprint density at radius 2 is 2.11 bits per heavy atom. The Hall–Kier alpha value is -1.55. The van der Waals surface area contributed by atoms with Gasteiger partial charge in [-0.2, -0.15) is 0 Å². The van der Waals surface area contributed by atoms with Crippen LogP contribution in [0.1, 0.15) is 5.56 Å². The van der Waals surface area contributed by atoms with Crippen molar-refractivity contribution in [3.8, 4) is 5.75 Å². The molecule has 18 heavy (non-hydrogen) atoms. The zero-order chi connectivity index (χ0) is 13.1. The molecule has 0 aliphatic heterocycles. The third kappa shape index (κ3) is 2.48. The highest BCUT2D eigenvalue weighted by Crippen LogP contribution is 2.33. The minimum atomic E-state index is 0.614. The van der Waals surface area contributed by atoms with Crippen LogP contribution in [0.25, 0.3) is 10.8 Å². The van der Waals surface area contributed by atoms with Crippen LogP contribution in [-0.4, -0.2) is 25.5 Å². The Bertz CT molecular complexity index is 583. The lowest BCUT2D eigenvalue weighted by atomic mass is 10.1. The number of methoxy groups -OCH3 is 1. The molecule has 0 saturated heterocycles. The van der Waals surface area contributed by atoms with Crippen molar-refractivity contribution >= 4 is 33.1 Å². The van der Waals surface area contributed by atoms with Gasteiger partial charge in [0.05, 0.1) is 11.6 Å². The van der Waals surface area contributed by atoms with Crippen molar-refractivity contribution in [2.24, 2.45) is 0 Å². The summed E-state index contributed by atoms with van der Waals surface area (Å²) in [4.78, 5) is 12.2. The molecule has 4 heteroatoms. The smallest absolute Gasteiger partial charge is 0.209 e. The first kappa shape index (κ1) is 12.9. The Kier molecular flexibility index (Phi) is 3.87. The van der Waals surface area contributed by atoms with Crippen LogP contribution in [0.4, 0.5) is 0 Å². The lowest BCUT2D eigenvalue weighted by Gasteiger charge is -2.12. The molecule has 2 aromatic rings. The number of benzene rings is 2. The second-order valence-corrected chi connectivity index (χ2v) is 4.95. The molecule has 0 aliphatic rings.